The maximum atomic E-state index is 15.0. The van der Waals surface area contributed by atoms with E-state index in [1.54, 1.807) is 19.1 Å². The van der Waals surface area contributed by atoms with Crippen molar-refractivity contribution in [2.45, 2.75) is 57.4 Å². The van der Waals surface area contributed by atoms with Crippen LogP contribution in [0.25, 0.3) is 0 Å². The summed E-state index contributed by atoms with van der Waals surface area (Å²) in [6.07, 6.45) is 3.05. The molecule has 1 unspecified atom stereocenters. The molecule has 0 aromatic heterocycles. The molecule has 5 atom stereocenters. The van der Waals surface area contributed by atoms with Crippen molar-refractivity contribution >= 4 is 0 Å². The summed E-state index contributed by atoms with van der Waals surface area (Å²) in [7, 11) is 0. The zero-order valence-electron chi connectivity index (χ0n) is 12.1. The number of hydrogen-bond donors (Lipinski definition) is 0. The summed E-state index contributed by atoms with van der Waals surface area (Å²) < 4.78 is 34.2. The van der Waals surface area contributed by atoms with Crippen molar-refractivity contribution in [1.82, 2.24) is 0 Å². The molecule has 1 saturated heterocycles. The van der Waals surface area contributed by atoms with Gasteiger partial charge in [0.05, 0.1) is 12.2 Å². The zero-order valence-corrected chi connectivity index (χ0v) is 12.1. The first-order valence-electron chi connectivity index (χ1n) is 7.55. The van der Waals surface area contributed by atoms with Crippen LogP contribution in [0.4, 0.5) is 8.78 Å². The van der Waals surface area contributed by atoms with Gasteiger partial charge < -0.3 is 4.74 Å². The highest BCUT2D eigenvalue weighted by molar-refractivity contribution is 5.20. The topological polar surface area (TPSA) is 9.23 Å². The van der Waals surface area contributed by atoms with Gasteiger partial charge in [-0.1, -0.05) is 25.5 Å². The Labute approximate surface area is 119 Å². The van der Waals surface area contributed by atoms with E-state index in [1.807, 2.05) is 0 Å². The van der Waals surface area contributed by atoms with Crippen LogP contribution >= 0.6 is 0 Å². The first kappa shape index (κ1) is 14.0. The first-order valence-corrected chi connectivity index (χ1v) is 7.55. The molecule has 2 fully saturated rings. The van der Waals surface area contributed by atoms with Gasteiger partial charge in [-0.25, -0.2) is 8.78 Å². The molecule has 0 N–H and O–H groups in total. The number of benzene rings is 1. The minimum absolute atomic E-state index is 0.00227. The largest absolute Gasteiger partial charge is 0.370 e. The lowest BCUT2D eigenvalue weighted by molar-refractivity contribution is -0.171. The second-order valence-electron chi connectivity index (χ2n) is 6.72. The molecule has 2 aliphatic rings. The molecule has 20 heavy (non-hydrogen) atoms. The second-order valence-corrected chi connectivity index (χ2v) is 6.72. The van der Waals surface area contributed by atoms with Gasteiger partial charge >= 0.3 is 0 Å². The smallest absolute Gasteiger partial charge is 0.123 e. The lowest BCUT2D eigenvalue weighted by Gasteiger charge is -2.48. The fourth-order valence-electron chi connectivity index (χ4n) is 3.81. The standard InChI is InChI=1S/C17H22F2O/c1-11-3-8-14-15(9-11)20-16(10-17(14,2)19)12-4-6-13(18)7-5-12/h4-7,11,14-16H,3,8-10H2,1-2H3/t11-,14-,15-,16-,17?/m1/s1. The van der Waals surface area contributed by atoms with E-state index in [9.17, 15) is 8.78 Å². The van der Waals surface area contributed by atoms with Gasteiger partial charge in [0.2, 0.25) is 0 Å². The number of ether oxygens (including phenoxy) is 1. The number of halogens is 2. The first-order chi connectivity index (χ1) is 9.45. The summed E-state index contributed by atoms with van der Waals surface area (Å²) in [5.41, 5.74) is -0.311. The van der Waals surface area contributed by atoms with Crippen LogP contribution in [0.1, 0.15) is 51.2 Å². The third kappa shape index (κ3) is 2.60. The molecule has 1 aliphatic carbocycles. The van der Waals surface area contributed by atoms with E-state index in [-0.39, 0.29) is 23.9 Å². The van der Waals surface area contributed by atoms with E-state index < -0.39 is 5.67 Å². The molecule has 1 aliphatic heterocycles. The fourth-order valence-corrected chi connectivity index (χ4v) is 3.81. The van der Waals surface area contributed by atoms with Crippen molar-refractivity contribution < 1.29 is 13.5 Å². The van der Waals surface area contributed by atoms with Crippen LogP contribution in [0.3, 0.4) is 0 Å². The van der Waals surface area contributed by atoms with E-state index in [0.717, 1.165) is 24.8 Å². The Balaban J connectivity index is 1.83. The van der Waals surface area contributed by atoms with Gasteiger partial charge in [0, 0.05) is 12.3 Å². The molecule has 3 rings (SSSR count). The third-order valence-corrected chi connectivity index (χ3v) is 4.99. The molecule has 0 spiro atoms. The normalized spacial score (nSPS) is 41.2. The Morgan fingerprint density at radius 1 is 1.20 bits per heavy atom. The molecule has 1 heterocycles. The molecule has 110 valence electrons. The molecule has 1 aromatic rings. The van der Waals surface area contributed by atoms with Crippen LogP contribution in [-0.4, -0.2) is 11.8 Å². The highest BCUT2D eigenvalue weighted by Crippen LogP contribution is 2.49. The minimum atomic E-state index is -1.19. The summed E-state index contributed by atoms with van der Waals surface area (Å²) in [6.45, 7) is 3.91. The van der Waals surface area contributed by atoms with Crippen molar-refractivity contribution in [3.8, 4) is 0 Å². The Morgan fingerprint density at radius 3 is 2.60 bits per heavy atom. The lowest BCUT2D eigenvalue weighted by atomic mass is 9.69. The van der Waals surface area contributed by atoms with Crippen LogP contribution in [0.15, 0.2) is 24.3 Å². The summed E-state index contributed by atoms with van der Waals surface area (Å²) in [5, 5.41) is 0. The van der Waals surface area contributed by atoms with E-state index in [4.69, 9.17) is 4.74 Å². The van der Waals surface area contributed by atoms with Crippen molar-refractivity contribution in [1.29, 1.82) is 0 Å². The average Bonchev–Trinajstić information content (AvgIpc) is 2.38. The van der Waals surface area contributed by atoms with Gasteiger partial charge in [-0.15, -0.1) is 0 Å². The fraction of sp³-hybridized carbons (Fsp3) is 0.647. The number of alkyl halides is 1. The van der Waals surface area contributed by atoms with Crippen molar-refractivity contribution in [2.75, 3.05) is 0 Å². The molecule has 0 radical (unpaired) electrons. The highest BCUT2D eigenvalue weighted by atomic mass is 19.1. The van der Waals surface area contributed by atoms with E-state index in [2.05, 4.69) is 6.92 Å². The van der Waals surface area contributed by atoms with Crippen molar-refractivity contribution in [2.24, 2.45) is 11.8 Å². The lowest BCUT2D eigenvalue weighted by Crippen LogP contribution is -2.49. The highest BCUT2D eigenvalue weighted by Gasteiger charge is 2.49. The molecule has 3 heteroatoms. The van der Waals surface area contributed by atoms with Crippen LogP contribution in [0, 0.1) is 17.7 Å². The number of rotatable bonds is 1. The van der Waals surface area contributed by atoms with Gasteiger partial charge in [0.15, 0.2) is 0 Å². The minimum Gasteiger partial charge on any atom is -0.370 e. The van der Waals surface area contributed by atoms with Gasteiger partial charge in [0.1, 0.15) is 11.5 Å². The predicted octanol–water partition coefficient (Wildman–Crippen LogP) is 4.82. The number of fused-ring (bicyclic) bond motifs is 1. The molecule has 1 nitrogen and oxygen atoms in total. The summed E-state index contributed by atoms with van der Waals surface area (Å²) in [5.74, 6) is 0.339. The summed E-state index contributed by atoms with van der Waals surface area (Å²) >= 11 is 0. The monoisotopic (exact) mass is 280 g/mol. The van der Waals surface area contributed by atoms with Crippen LogP contribution < -0.4 is 0 Å². The second kappa shape index (κ2) is 5.10. The molecular formula is C17H22F2O. The van der Waals surface area contributed by atoms with E-state index in [0.29, 0.717) is 12.3 Å². The maximum absolute atomic E-state index is 15.0. The van der Waals surface area contributed by atoms with Crippen LogP contribution in [0.2, 0.25) is 0 Å². The molecular weight excluding hydrogens is 258 g/mol. The van der Waals surface area contributed by atoms with Gasteiger partial charge in [-0.2, -0.15) is 0 Å². The Kier molecular flexibility index (Phi) is 3.57. The van der Waals surface area contributed by atoms with E-state index >= 15 is 0 Å². The number of hydrogen-bond acceptors (Lipinski definition) is 1. The van der Waals surface area contributed by atoms with Crippen molar-refractivity contribution in [3.05, 3.63) is 35.6 Å². The van der Waals surface area contributed by atoms with Gasteiger partial charge in [0.25, 0.3) is 0 Å². The zero-order chi connectivity index (χ0) is 14.3. The predicted molar refractivity (Wildman–Crippen MR) is 74.6 cm³/mol. The van der Waals surface area contributed by atoms with Crippen LogP contribution in [-0.2, 0) is 4.74 Å². The maximum Gasteiger partial charge on any atom is 0.123 e. The van der Waals surface area contributed by atoms with Gasteiger partial charge in [-0.05, 0) is 43.4 Å². The van der Waals surface area contributed by atoms with E-state index in [1.165, 1.54) is 12.1 Å². The molecule has 1 aromatic carbocycles. The quantitative estimate of drug-likeness (QED) is 0.716. The molecule has 1 saturated carbocycles. The summed E-state index contributed by atoms with van der Waals surface area (Å²) in [4.78, 5) is 0. The molecule has 0 bridgehead atoms. The third-order valence-electron chi connectivity index (χ3n) is 4.99. The Hall–Kier alpha value is -0.960. The Morgan fingerprint density at radius 2 is 1.90 bits per heavy atom. The Bertz CT molecular complexity index is 468. The van der Waals surface area contributed by atoms with Gasteiger partial charge in [-0.3, -0.25) is 0 Å². The molecule has 0 amide bonds. The van der Waals surface area contributed by atoms with Crippen LogP contribution in [0.5, 0.6) is 0 Å². The SMILES string of the molecule is C[C@@H]1CC[C@@H]2[C@@H](C1)O[C@@H](c1ccc(F)cc1)CC2(C)F. The summed E-state index contributed by atoms with van der Waals surface area (Å²) in [6, 6.07) is 6.26. The average molecular weight is 280 g/mol. The van der Waals surface area contributed by atoms with Crippen molar-refractivity contribution in [3.63, 3.8) is 0 Å².